The Labute approximate surface area is 157 Å². The largest absolute Gasteiger partial charge is 0.495 e. The molecule has 27 heavy (non-hydrogen) atoms. The van der Waals surface area contributed by atoms with Crippen molar-refractivity contribution in [2.75, 3.05) is 7.11 Å². The van der Waals surface area contributed by atoms with Crippen molar-refractivity contribution in [3.63, 3.8) is 0 Å². The van der Waals surface area contributed by atoms with Gasteiger partial charge in [-0.15, -0.1) is 0 Å². The highest BCUT2D eigenvalue weighted by Crippen LogP contribution is 2.26. The number of hydrogen-bond acceptors (Lipinski definition) is 3. The number of carbonyl (C=O) groups is 2. The Kier molecular flexibility index (Phi) is 5.76. The maximum absolute atomic E-state index is 12.3. The highest BCUT2D eigenvalue weighted by atomic mass is 16.5. The zero-order valence-corrected chi connectivity index (χ0v) is 15.1. The van der Waals surface area contributed by atoms with Crippen LogP contribution in [-0.4, -0.2) is 34.7 Å². The number of hydrogen-bond donors (Lipinski definition) is 2. The second-order valence-corrected chi connectivity index (χ2v) is 6.31. The van der Waals surface area contributed by atoms with Crippen LogP contribution in [0.5, 0.6) is 5.75 Å². The molecule has 1 aromatic heterocycles. The molecule has 0 aliphatic rings. The van der Waals surface area contributed by atoms with E-state index < -0.39 is 12.0 Å². The minimum atomic E-state index is -1.04. The van der Waals surface area contributed by atoms with E-state index in [1.165, 1.54) is 0 Å². The molecule has 0 saturated carbocycles. The van der Waals surface area contributed by atoms with Crippen molar-refractivity contribution in [1.29, 1.82) is 0 Å². The van der Waals surface area contributed by atoms with E-state index in [4.69, 9.17) is 4.74 Å². The van der Waals surface area contributed by atoms with E-state index in [9.17, 15) is 14.7 Å². The topological polar surface area (TPSA) is 80.6 Å². The van der Waals surface area contributed by atoms with Crippen LogP contribution in [0.1, 0.15) is 12.0 Å². The smallest absolute Gasteiger partial charge is 0.326 e. The average Bonchev–Trinajstić information content (AvgIpc) is 3.10. The molecule has 0 bridgehead atoms. The Morgan fingerprint density at radius 1 is 1.11 bits per heavy atom. The van der Waals surface area contributed by atoms with Gasteiger partial charge in [-0.25, -0.2) is 4.79 Å². The molecule has 1 amide bonds. The zero-order chi connectivity index (χ0) is 19.2. The van der Waals surface area contributed by atoms with Gasteiger partial charge in [0.15, 0.2) is 0 Å². The highest BCUT2D eigenvalue weighted by molar-refractivity contribution is 5.87. The number of nitrogens with one attached hydrogen (secondary N) is 1. The van der Waals surface area contributed by atoms with Crippen molar-refractivity contribution in [1.82, 2.24) is 9.88 Å². The molecule has 1 heterocycles. The fourth-order valence-corrected chi connectivity index (χ4v) is 3.12. The summed E-state index contributed by atoms with van der Waals surface area (Å²) in [6, 6.07) is 16.0. The Hall–Kier alpha value is -3.28. The molecule has 0 spiro atoms. The summed E-state index contributed by atoms with van der Waals surface area (Å²) in [4.78, 5) is 23.8. The third-order valence-corrected chi connectivity index (χ3v) is 4.47. The van der Waals surface area contributed by atoms with Crippen molar-refractivity contribution in [3.8, 4) is 5.75 Å². The number of aliphatic carboxylic acids is 1. The van der Waals surface area contributed by atoms with Crippen molar-refractivity contribution in [2.45, 2.75) is 25.4 Å². The van der Waals surface area contributed by atoms with E-state index in [2.05, 4.69) is 5.32 Å². The molecule has 0 fully saturated rings. The molecule has 0 aliphatic heterocycles. The molecular formula is C21H22N2O4. The number of nitrogens with zero attached hydrogens (tertiary/aromatic N) is 1. The standard InChI is InChI=1S/C21H22N2O4/c1-27-18-9-5-8-16-10-12-23(20(16)18)13-11-19(24)22-17(21(25)26)14-15-6-3-2-4-7-15/h2-10,12,17H,11,13-14H2,1H3,(H,22,24)(H,25,26)/t17-/m0/s1. The number of aromatic nitrogens is 1. The summed E-state index contributed by atoms with van der Waals surface area (Å²) in [5.74, 6) is -0.597. The lowest BCUT2D eigenvalue weighted by atomic mass is 10.1. The van der Waals surface area contributed by atoms with E-state index in [1.807, 2.05) is 65.4 Å². The van der Waals surface area contributed by atoms with Crippen LogP contribution < -0.4 is 10.1 Å². The van der Waals surface area contributed by atoms with E-state index in [0.29, 0.717) is 6.54 Å². The second-order valence-electron chi connectivity index (χ2n) is 6.31. The number of amides is 1. The van der Waals surface area contributed by atoms with Gasteiger partial charge in [-0.2, -0.15) is 0 Å². The van der Waals surface area contributed by atoms with Crippen molar-refractivity contribution < 1.29 is 19.4 Å². The molecule has 0 aliphatic carbocycles. The van der Waals surface area contributed by atoms with Gasteiger partial charge in [0.1, 0.15) is 11.8 Å². The van der Waals surface area contributed by atoms with Gasteiger partial charge in [-0.3, -0.25) is 4.79 Å². The van der Waals surface area contributed by atoms with Gasteiger partial charge < -0.3 is 19.7 Å². The maximum Gasteiger partial charge on any atom is 0.326 e. The van der Waals surface area contributed by atoms with E-state index in [1.54, 1.807) is 7.11 Å². The molecule has 140 valence electrons. The SMILES string of the molecule is COc1cccc2ccn(CCC(=O)N[C@@H](Cc3ccccc3)C(=O)O)c12. The van der Waals surface area contributed by atoms with Crippen molar-refractivity contribution >= 4 is 22.8 Å². The van der Waals surface area contributed by atoms with Gasteiger partial charge in [0, 0.05) is 31.0 Å². The number of carbonyl (C=O) groups excluding carboxylic acids is 1. The van der Waals surface area contributed by atoms with E-state index in [0.717, 1.165) is 22.2 Å². The summed E-state index contributed by atoms with van der Waals surface area (Å²) in [6.07, 6.45) is 2.34. The summed E-state index contributed by atoms with van der Waals surface area (Å²) in [6.45, 7) is 0.438. The van der Waals surface area contributed by atoms with E-state index >= 15 is 0 Å². The Bertz CT molecular complexity index is 934. The molecule has 2 N–H and O–H groups in total. The number of carboxylic acids is 1. The lowest BCUT2D eigenvalue weighted by molar-refractivity contribution is -0.141. The van der Waals surface area contributed by atoms with Crippen LogP contribution in [0, 0.1) is 0 Å². The van der Waals surface area contributed by atoms with Gasteiger partial charge in [-0.1, -0.05) is 42.5 Å². The fourth-order valence-electron chi connectivity index (χ4n) is 3.12. The minimum absolute atomic E-state index is 0.181. The monoisotopic (exact) mass is 366 g/mol. The third kappa shape index (κ3) is 4.47. The van der Waals surface area contributed by atoms with Crippen LogP contribution >= 0.6 is 0 Å². The lowest BCUT2D eigenvalue weighted by Crippen LogP contribution is -2.42. The van der Waals surface area contributed by atoms with Crippen LogP contribution in [0.15, 0.2) is 60.8 Å². The number of fused-ring (bicyclic) bond motifs is 1. The molecule has 3 aromatic rings. The van der Waals surface area contributed by atoms with Crippen LogP contribution in [-0.2, 0) is 22.6 Å². The number of rotatable bonds is 8. The van der Waals surface area contributed by atoms with Crippen LogP contribution in [0.4, 0.5) is 0 Å². The first kappa shape index (κ1) is 18.5. The van der Waals surface area contributed by atoms with E-state index in [-0.39, 0.29) is 18.7 Å². The Morgan fingerprint density at radius 2 is 1.89 bits per heavy atom. The second kappa shape index (κ2) is 8.40. The predicted octanol–water partition coefficient (Wildman–Crippen LogP) is 2.85. The summed E-state index contributed by atoms with van der Waals surface area (Å²) in [7, 11) is 1.61. The molecule has 6 nitrogen and oxygen atoms in total. The summed E-state index contributed by atoms with van der Waals surface area (Å²) >= 11 is 0. The molecule has 2 aromatic carbocycles. The number of aryl methyl sites for hydroxylation is 1. The Balaban J connectivity index is 1.64. The lowest BCUT2D eigenvalue weighted by Gasteiger charge is -2.15. The quantitative estimate of drug-likeness (QED) is 0.642. The van der Waals surface area contributed by atoms with Gasteiger partial charge >= 0.3 is 5.97 Å². The van der Waals surface area contributed by atoms with Crippen LogP contribution in [0.3, 0.4) is 0 Å². The summed E-state index contributed by atoms with van der Waals surface area (Å²) in [5, 5.41) is 13.1. The zero-order valence-electron chi connectivity index (χ0n) is 15.1. The first-order valence-electron chi connectivity index (χ1n) is 8.76. The van der Waals surface area contributed by atoms with Crippen molar-refractivity contribution in [3.05, 3.63) is 66.4 Å². The molecule has 0 unspecified atom stereocenters. The molecule has 0 radical (unpaired) electrons. The number of para-hydroxylation sites is 1. The first-order valence-corrected chi connectivity index (χ1v) is 8.76. The Morgan fingerprint density at radius 3 is 2.59 bits per heavy atom. The third-order valence-electron chi connectivity index (χ3n) is 4.47. The number of methoxy groups -OCH3 is 1. The van der Waals surface area contributed by atoms with Gasteiger partial charge in [-0.05, 0) is 17.7 Å². The van der Waals surface area contributed by atoms with Crippen molar-refractivity contribution in [2.24, 2.45) is 0 Å². The minimum Gasteiger partial charge on any atom is -0.495 e. The molecule has 1 atom stereocenters. The molecular weight excluding hydrogens is 344 g/mol. The van der Waals surface area contributed by atoms with Gasteiger partial charge in [0.25, 0.3) is 0 Å². The van der Waals surface area contributed by atoms with Crippen LogP contribution in [0.25, 0.3) is 10.9 Å². The van der Waals surface area contributed by atoms with Gasteiger partial charge in [0.05, 0.1) is 12.6 Å². The normalized spacial score (nSPS) is 11.9. The van der Waals surface area contributed by atoms with Gasteiger partial charge in [0.2, 0.25) is 5.91 Å². The number of benzene rings is 2. The maximum atomic E-state index is 12.3. The predicted molar refractivity (Wildman–Crippen MR) is 103 cm³/mol. The number of ether oxygens (including phenoxy) is 1. The van der Waals surface area contributed by atoms with Crippen LogP contribution in [0.2, 0.25) is 0 Å². The highest BCUT2D eigenvalue weighted by Gasteiger charge is 2.20. The summed E-state index contributed by atoms with van der Waals surface area (Å²) < 4.78 is 7.34. The average molecular weight is 366 g/mol. The molecule has 0 saturated heterocycles. The first-order chi connectivity index (χ1) is 13.1. The molecule has 6 heteroatoms. The molecule has 3 rings (SSSR count). The number of carboxylic acid groups (broad SMARTS) is 1. The fraction of sp³-hybridized carbons (Fsp3) is 0.238. The summed E-state index contributed by atoms with van der Waals surface area (Å²) in [5.41, 5.74) is 1.79.